The standard InChI is InChI=1S/C16H17F2N3O2S2/c17-14-7-6-13(10-15(14)18)25(22,23)21-11-2-4-12(5-3-11)24-16-19-8-1-9-20-16/h1,6-12,21H,2-5H2. The van der Waals surface area contributed by atoms with Crippen molar-refractivity contribution >= 4 is 21.8 Å². The lowest BCUT2D eigenvalue weighted by molar-refractivity contribution is 0.419. The van der Waals surface area contributed by atoms with Crippen molar-refractivity contribution < 1.29 is 17.2 Å². The number of sulfonamides is 1. The molecule has 0 unspecified atom stereocenters. The first kappa shape index (κ1) is 18.2. The molecular formula is C16H17F2N3O2S2. The zero-order valence-electron chi connectivity index (χ0n) is 13.2. The fourth-order valence-corrected chi connectivity index (χ4v) is 5.09. The Morgan fingerprint density at radius 2 is 1.72 bits per heavy atom. The summed E-state index contributed by atoms with van der Waals surface area (Å²) >= 11 is 1.59. The van der Waals surface area contributed by atoms with Crippen LogP contribution >= 0.6 is 11.8 Å². The second kappa shape index (κ2) is 7.76. The van der Waals surface area contributed by atoms with E-state index in [0.717, 1.165) is 25.0 Å². The van der Waals surface area contributed by atoms with Gasteiger partial charge in [-0.1, -0.05) is 11.8 Å². The molecule has 1 heterocycles. The summed E-state index contributed by atoms with van der Waals surface area (Å²) in [4.78, 5) is 8.10. The van der Waals surface area contributed by atoms with Crippen LogP contribution < -0.4 is 4.72 Å². The lowest BCUT2D eigenvalue weighted by atomic mass is 9.96. The van der Waals surface area contributed by atoms with Gasteiger partial charge in [-0.25, -0.2) is 31.9 Å². The SMILES string of the molecule is O=S(=O)(NC1CCC(Sc2ncccn2)CC1)c1ccc(F)c(F)c1. The minimum atomic E-state index is -3.86. The summed E-state index contributed by atoms with van der Waals surface area (Å²) in [5.41, 5.74) is 0. The molecule has 1 fully saturated rings. The van der Waals surface area contributed by atoms with E-state index in [-0.39, 0.29) is 10.9 Å². The Hall–Kier alpha value is -1.58. The number of rotatable bonds is 5. The van der Waals surface area contributed by atoms with Crippen molar-refractivity contribution in [3.8, 4) is 0 Å². The molecular weight excluding hydrogens is 368 g/mol. The van der Waals surface area contributed by atoms with Crippen molar-refractivity contribution in [2.24, 2.45) is 0 Å². The van der Waals surface area contributed by atoms with Gasteiger partial charge in [-0.2, -0.15) is 0 Å². The maximum Gasteiger partial charge on any atom is 0.240 e. The van der Waals surface area contributed by atoms with Crippen LogP contribution in [0.1, 0.15) is 25.7 Å². The average molecular weight is 385 g/mol. The van der Waals surface area contributed by atoms with Crippen LogP contribution in [0.5, 0.6) is 0 Å². The number of aromatic nitrogens is 2. The molecule has 0 amide bonds. The number of nitrogens with zero attached hydrogens (tertiary/aromatic N) is 2. The summed E-state index contributed by atoms with van der Waals surface area (Å²) in [6.45, 7) is 0. The van der Waals surface area contributed by atoms with E-state index in [1.165, 1.54) is 0 Å². The van der Waals surface area contributed by atoms with Gasteiger partial charge >= 0.3 is 0 Å². The highest BCUT2D eigenvalue weighted by atomic mass is 32.2. The second-order valence-electron chi connectivity index (χ2n) is 5.82. The van der Waals surface area contributed by atoms with Crippen LogP contribution in [0.3, 0.4) is 0 Å². The Morgan fingerprint density at radius 3 is 2.36 bits per heavy atom. The molecule has 5 nitrogen and oxygen atoms in total. The van der Waals surface area contributed by atoms with E-state index < -0.39 is 21.7 Å². The molecule has 1 aliphatic carbocycles. The van der Waals surface area contributed by atoms with Crippen molar-refractivity contribution in [1.82, 2.24) is 14.7 Å². The summed E-state index contributed by atoms with van der Waals surface area (Å²) in [5, 5.41) is 1.06. The number of hydrogen-bond acceptors (Lipinski definition) is 5. The maximum atomic E-state index is 13.3. The van der Waals surface area contributed by atoms with Gasteiger partial charge < -0.3 is 0 Å². The molecule has 1 aromatic carbocycles. The fourth-order valence-electron chi connectivity index (χ4n) is 2.73. The zero-order chi connectivity index (χ0) is 17.9. The van der Waals surface area contributed by atoms with E-state index in [4.69, 9.17) is 0 Å². The van der Waals surface area contributed by atoms with Crippen LogP contribution in [-0.2, 0) is 10.0 Å². The predicted molar refractivity (Wildman–Crippen MR) is 90.6 cm³/mol. The highest BCUT2D eigenvalue weighted by molar-refractivity contribution is 7.99. The first-order chi connectivity index (χ1) is 11.9. The van der Waals surface area contributed by atoms with Gasteiger partial charge in [0.2, 0.25) is 10.0 Å². The monoisotopic (exact) mass is 385 g/mol. The quantitative estimate of drug-likeness (QED) is 0.801. The smallest absolute Gasteiger partial charge is 0.231 e. The minimum absolute atomic E-state index is 0.216. The lowest BCUT2D eigenvalue weighted by Gasteiger charge is -2.28. The number of benzene rings is 1. The number of nitrogens with one attached hydrogen (secondary N) is 1. The highest BCUT2D eigenvalue weighted by Crippen LogP contribution is 2.32. The number of hydrogen-bond donors (Lipinski definition) is 1. The molecule has 1 saturated carbocycles. The molecule has 25 heavy (non-hydrogen) atoms. The van der Waals surface area contributed by atoms with Gasteiger partial charge in [0.1, 0.15) is 0 Å². The van der Waals surface area contributed by atoms with E-state index in [1.807, 2.05) is 0 Å². The molecule has 1 aliphatic rings. The Kier molecular flexibility index (Phi) is 5.65. The van der Waals surface area contributed by atoms with Crippen molar-refractivity contribution in [2.45, 2.75) is 47.0 Å². The molecule has 0 atom stereocenters. The molecule has 0 aliphatic heterocycles. The Labute approximate surface area is 149 Å². The van der Waals surface area contributed by atoms with E-state index in [9.17, 15) is 17.2 Å². The summed E-state index contributed by atoms with van der Waals surface area (Å²) in [7, 11) is -3.86. The third-order valence-electron chi connectivity index (χ3n) is 4.01. The van der Waals surface area contributed by atoms with Crippen molar-refractivity contribution in [2.75, 3.05) is 0 Å². The molecule has 3 rings (SSSR count). The summed E-state index contributed by atoms with van der Waals surface area (Å²) in [6.07, 6.45) is 6.39. The number of thioether (sulfide) groups is 1. The molecule has 1 N–H and O–H groups in total. The van der Waals surface area contributed by atoms with Gasteiger partial charge in [-0.3, -0.25) is 0 Å². The van der Waals surface area contributed by atoms with E-state index in [0.29, 0.717) is 29.3 Å². The fraction of sp³-hybridized carbons (Fsp3) is 0.375. The summed E-state index contributed by atoms with van der Waals surface area (Å²) < 4.78 is 53.4. The third-order valence-corrected chi connectivity index (χ3v) is 6.76. The van der Waals surface area contributed by atoms with E-state index >= 15 is 0 Å². The van der Waals surface area contributed by atoms with Gasteiger partial charge in [-0.15, -0.1) is 0 Å². The molecule has 0 saturated heterocycles. The summed E-state index contributed by atoms with van der Waals surface area (Å²) in [5.74, 6) is -2.24. The van der Waals surface area contributed by atoms with Gasteiger partial charge in [0.15, 0.2) is 16.8 Å². The summed E-state index contributed by atoms with van der Waals surface area (Å²) in [6, 6.07) is 4.12. The van der Waals surface area contributed by atoms with Crippen LogP contribution in [0, 0.1) is 11.6 Å². The topological polar surface area (TPSA) is 72.0 Å². The molecule has 1 aromatic heterocycles. The van der Waals surface area contributed by atoms with Crippen LogP contribution in [0.25, 0.3) is 0 Å². The van der Waals surface area contributed by atoms with Gasteiger partial charge in [0.05, 0.1) is 4.90 Å². The average Bonchev–Trinajstić information content (AvgIpc) is 2.60. The van der Waals surface area contributed by atoms with Crippen molar-refractivity contribution in [1.29, 1.82) is 0 Å². The Bertz CT molecular complexity index is 827. The molecule has 0 spiro atoms. The van der Waals surface area contributed by atoms with Crippen LogP contribution in [0.2, 0.25) is 0 Å². The van der Waals surface area contributed by atoms with Gasteiger partial charge in [0.25, 0.3) is 0 Å². The first-order valence-corrected chi connectivity index (χ1v) is 10.2. The molecule has 9 heteroatoms. The van der Waals surface area contributed by atoms with Gasteiger partial charge in [-0.05, 0) is 49.9 Å². The first-order valence-electron chi connectivity index (χ1n) is 7.85. The predicted octanol–water partition coefficient (Wildman–Crippen LogP) is 3.14. The van der Waals surface area contributed by atoms with Gasteiger partial charge in [0, 0.05) is 23.7 Å². The zero-order valence-corrected chi connectivity index (χ0v) is 14.9. The highest BCUT2D eigenvalue weighted by Gasteiger charge is 2.27. The molecule has 134 valence electrons. The second-order valence-corrected chi connectivity index (χ2v) is 8.80. The Morgan fingerprint density at radius 1 is 1.04 bits per heavy atom. The van der Waals surface area contributed by atoms with Crippen LogP contribution in [-0.4, -0.2) is 29.7 Å². The lowest BCUT2D eigenvalue weighted by Crippen LogP contribution is -2.38. The third kappa shape index (κ3) is 4.74. The van der Waals surface area contributed by atoms with Crippen LogP contribution in [0.4, 0.5) is 8.78 Å². The maximum absolute atomic E-state index is 13.3. The largest absolute Gasteiger partial charge is 0.240 e. The van der Waals surface area contributed by atoms with Crippen molar-refractivity contribution in [3.63, 3.8) is 0 Å². The van der Waals surface area contributed by atoms with E-state index in [1.54, 1.807) is 30.2 Å². The number of halogens is 2. The van der Waals surface area contributed by atoms with Crippen molar-refractivity contribution in [3.05, 3.63) is 48.3 Å². The normalized spacial score (nSPS) is 21.2. The molecule has 0 radical (unpaired) electrons. The van der Waals surface area contributed by atoms with E-state index in [2.05, 4.69) is 14.7 Å². The molecule has 0 bridgehead atoms. The molecule has 2 aromatic rings. The van der Waals surface area contributed by atoms with Crippen LogP contribution in [0.15, 0.2) is 46.7 Å². The Balaban J connectivity index is 1.57. The minimum Gasteiger partial charge on any atom is -0.231 e.